The molecule has 0 unspecified atom stereocenters. The molecule has 164 valence electrons. The number of hydrogen-bond donors (Lipinski definition) is 0. The highest BCUT2D eigenvalue weighted by molar-refractivity contribution is 7.21. The van der Waals surface area contributed by atoms with E-state index in [1.807, 2.05) is 12.1 Å². The van der Waals surface area contributed by atoms with Crippen LogP contribution < -0.4 is 0 Å². The van der Waals surface area contributed by atoms with Gasteiger partial charge in [-0.05, 0) is 54.6 Å². The summed E-state index contributed by atoms with van der Waals surface area (Å²) in [7, 11) is 0. The molecule has 3 aromatic heterocycles. The third-order valence-electron chi connectivity index (χ3n) is 6.83. The average molecular weight is 467 g/mol. The lowest BCUT2D eigenvalue weighted by molar-refractivity contribution is 0.669. The van der Waals surface area contributed by atoms with Gasteiger partial charge in [0.05, 0.1) is 26.6 Å². The highest BCUT2D eigenvalue weighted by atomic mass is 32.1. The maximum Gasteiger partial charge on any atom is 0.137 e. The molecule has 8 aromatic rings. The minimum Gasteiger partial charge on any atom is -0.456 e. The van der Waals surface area contributed by atoms with Crippen LogP contribution in [0, 0.1) is 0 Å². The monoisotopic (exact) mass is 466 g/mol. The van der Waals surface area contributed by atoms with Gasteiger partial charge in [0.1, 0.15) is 16.2 Å². The lowest BCUT2D eigenvalue weighted by Crippen LogP contribution is -1.92. The van der Waals surface area contributed by atoms with Crippen LogP contribution in [0.4, 0.5) is 0 Å². The molecule has 0 saturated carbocycles. The molecule has 0 spiro atoms. The summed E-state index contributed by atoms with van der Waals surface area (Å²) in [6, 6.07) is 38.3. The zero-order valence-electron chi connectivity index (χ0n) is 18.6. The van der Waals surface area contributed by atoms with Gasteiger partial charge in [-0.2, -0.15) is 0 Å². The fourth-order valence-electron chi connectivity index (χ4n) is 5.29. The Morgan fingerprint density at radius 3 is 2.31 bits per heavy atom. The van der Waals surface area contributed by atoms with Crippen molar-refractivity contribution in [2.24, 2.45) is 0 Å². The van der Waals surface area contributed by atoms with E-state index in [1.54, 1.807) is 11.3 Å². The van der Waals surface area contributed by atoms with E-state index in [0.717, 1.165) is 38.0 Å². The lowest BCUT2D eigenvalue weighted by Gasteiger charge is -2.07. The number of benzene rings is 5. The second-order valence-corrected chi connectivity index (χ2v) is 9.85. The standard InChI is InChI=1S/C31H18N2OS/c1-2-8-20(9-3-1)33-24-12-6-4-10-21(24)23-18-19(14-15-25(23)33)31-32-30-28(35-31)17-16-27-29(30)22-11-5-7-13-26(22)34-27/h1-18H. The first kappa shape index (κ1) is 19.0. The van der Waals surface area contributed by atoms with Crippen molar-refractivity contribution in [2.75, 3.05) is 0 Å². The van der Waals surface area contributed by atoms with Crippen molar-refractivity contribution in [3.05, 3.63) is 109 Å². The van der Waals surface area contributed by atoms with E-state index in [0.29, 0.717) is 0 Å². The molecular formula is C31H18N2OS. The second-order valence-electron chi connectivity index (χ2n) is 8.82. The van der Waals surface area contributed by atoms with Crippen molar-refractivity contribution < 1.29 is 4.42 Å². The Kier molecular flexibility index (Phi) is 3.82. The normalized spacial score (nSPS) is 12.0. The largest absolute Gasteiger partial charge is 0.456 e. The summed E-state index contributed by atoms with van der Waals surface area (Å²) in [5.74, 6) is 0. The summed E-state index contributed by atoms with van der Waals surface area (Å²) >= 11 is 1.73. The minimum atomic E-state index is 0.886. The van der Waals surface area contributed by atoms with Crippen LogP contribution in [0.3, 0.4) is 0 Å². The highest BCUT2D eigenvalue weighted by Crippen LogP contribution is 2.40. The van der Waals surface area contributed by atoms with Crippen LogP contribution in [0.25, 0.3) is 70.2 Å². The first-order valence-corrected chi connectivity index (χ1v) is 12.5. The van der Waals surface area contributed by atoms with Crippen LogP contribution in [-0.4, -0.2) is 9.55 Å². The molecule has 5 aromatic carbocycles. The molecule has 8 rings (SSSR count). The van der Waals surface area contributed by atoms with Crippen molar-refractivity contribution >= 4 is 65.3 Å². The van der Waals surface area contributed by atoms with Crippen LogP contribution in [0.2, 0.25) is 0 Å². The number of para-hydroxylation sites is 3. The topological polar surface area (TPSA) is 31.0 Å². The van der Waals surface area contributed by atoms with Gasteiger partial charge in [-0.1, -0.05) is 54.6 Å². The van der Waals surface area contributed by atoms with E-state index in [2.05, 4.69) is 102 Å². The Labute approximate surface area is 204 Å². The fraction of sp³-hybridized carbons (Fsp3) is 0. The number of nitrogens with zero attached hydrogens (tertiary/aromatic N) is 2. The molecule has 0 atom stereocenters. The van der Waals surface area contributed by atoms with Crippen LogP contribution in [-0.2, 0) is 0 Å². The van der Waals surface area contributed by atoms with E-state index in [-0.39, 0.29) is 0 Å². The predicted octanol–water partition coefficient (Wildman–Crippen LogP) is 8.96. The SMILES string of the molecule is c1ccc(-n2c3ccccc3c3cc(-c4nc5c(ccc6oc7ccccc7c65)s4)ccc32)cc1. The Bertz CT molecular complexity index is 2060. The summed E-state index contributed by atoms with van der Waals surface area (Å²) < 4.78 is 9.60. The number of rotatable bonds is 2. The molecule has 0 amide bonds. The van der Waals surface area contributed by atoms with Gasteiger partial charge in [0.25, 0.3) is 0 Å². The molecule has 0 N–H and O–H groups in total. The van der Waals surface area contributed by atoms with Crippen LogP contribution in [0.15, 0.2) is 114 Å². The second kappa shape index (κ2) is 7.05. The van der Waals surface area contributed by atoms with Crippen molar-refractivity contribution in [3.8, 4) is 16.3 Å². The summed E-state index contributed by atoms with van der Waals surface area (Å²) in [6.45, 7) is 0. The molecule has 3 nitrogen and oxygen atoms in total. The van der Waals surface area contributed by atoms with Crippen molar-refractivity contribution in [2.45, 2.75) is 0 Å². The van der Waals surface area contributed by atoms with Gasteiger partial charge in [0, 0.05) is 27.4 Å². The van der Waals surface area contributed by atoms with Gasteiger partial charge in [-0.3, -0.25) is 0 Å². The van der Waals surface area contributed by atoms with Gasteiger partial charge in [-0.15, -0.1) is 11.3 Å². The van der Waals surface area contributed by atoms with Gasteiger partial charge < -0.3 is 8.98 Å². The fourth-order valence-corrected chi connectivity index (χ4v) is 6.26. The van der Waals surface area contributed by atoms with E-state index >= 15 is 0 Å². The smallest absolute Gasteiger partial charge is 0.137 e. The maximum absolute atomic E-state index is 6.09. The quantitative estimate of drug-likeness (QED) is 0.255. The first-order valence-electron chi connectivity index (χ1n) is 11.6. The van der Waals surface area contributed by atoms with Crippen molar-refractivity contribution in [3.63, 3.8) is 0 Å². The molecule has 0 aliphatic carbocycles. The van der Waals surface area contributed by atoms with Gasteiger partial charge in [0.15, 0.2) is 0 Å². The van der Waals surface area contributed by atoms with E-state index < -0.39 is 0 Å². The Hall–Kier alpha value is -4.41. The predicted molar refractivity (Wildman–Crippen MR) is 147 cm³/mol. The van der Waals surface area contributed by atoms with Crippen LogP contribution in [0.1, 0.15) is 0 Å². The van der Waals surface area contributed by atoms with Crippen LogP contribution >= 0.6 is 11.3 Å². The van der Waals surface area contributed by atoms with Crippen LogP contribution in [0.5, 0.6) is 0 Å². The van der Waals surface area contributed by atoms with Gasteiger partial charge >= 0.3 is 0 Å². The Morgan fingerprint density at radius 1 is 0.629 bits per heavy atom. The molecule has 0 aliphatic heterocycles. The number of thiazole rings is 1. The molecular weight excluding hydrogens is 448 g/mol. The Morgan fingerprint density at radius 2 is 1.40 bits per heavy atom. The van der Waals surface area contributed by atoms with E-state index in [4.69, 9.17) is 9.40 Å². The highest BCUT2D eigenvalue weighted by Gasteiger charge is 2.17. The van der Waals surface area contributed by atoms with E-state index in [1.165, 1.54) is 32.2 Å². The van der Waals surface area contributed by atoms with Crippen molar-refractivity contribution in [1.82, 2.24) is 9.55 Å². The number of hydrogen-bond acceptors (Lipinski definition) is 3. The molecule has 35 heavy (non-hydrogen) atoms. The number of aromatic nitrogens is 2. The average Bonchev–Trinajstić information content (AvgIpc) is 3.60. The third kappa shape index (κ3) is 2.69. The number of fused-ring (bicyclic) bond motifs is 8. The molecule has 0 radical (unpaired) electrons. The zero-order chi connectivity index (χ0) is 22.9. The van der Waals surface area contributed by atoms with Gasteiger partial charge in [0.2, 0.25) is 0 Å². The Balaban J connectivity index is 1.39. The summed E-state index contributed by atoms with van der Waals surface area (Å²) in [5.41, 5.74) is 7.51. The first-order chi connectivity index (χ1) is 17.3. The lowest BCUT2D eigenvalue weighted by atomic mass is 10.1. The molecule has 0 fully saturated rings. The minimum absolute atomic E-state index is 0.886. The molecule has 4 heteroatoms. The van der Waals surface area contributed by atoms with E-state index in [9.17, 15) is 0 Å². The molecule has 0 aliphatic rings. The summed E-state index contributed by atoms with van der Waals surface area (Å²) in [5, 5.41) is 5.72. The zero-order valence-corrected chi connectivity index (χ0v) is 19.4. The maximum atomic E-state index is 6.09. The summed E-state index contributed by atoms with van der Waals surface area (Å²) in [6.07, 6.45) is 0. The molecule has 3 heterocycles. The molecule has 0 saturated heterocycles. The van der Waals surface area contributed by atoms with Crippen molar-refractivity contribution in [1.29, 1.82) is 0 Å². The number of furan rings is 1. The van der Waals surface area contributed by atoms with Gasteiger partial charge in [-0.25, -0.2) is 4.98 Å². The summed E-state index contributed by atoms with van der Waals surface area (Å²) in [4.78, 5) is 5.14. The molecule has 0 bridgehead atoms. The third-order valence-corrected chi connectivity index (χ3v) is 7.90.